The Morgan fingerprint density at radius 2 is 1.50 bits per heavy atom. The second kappa shape index (κ2) is 9.39. The van der Waals surface area contributed by atoms with E-state index >= 15 is 0 Å². The van der Waals surface area contributed by atoms with Gasteiger partial charge in [0.1, 0.15) is 6.67 Å². The van der Waals surface area contributed by atoms with Gasteiger partial charge in [0.05, 0.1) is 5.69 Å². The van der Waals surface area contributed by atoms with E-state index in [9.17, 15) is 9.59 Å². The normalized spacial score (nSPS) is 15.8. The summed E-state index contributed by atoms with van der Waals surface area (Å²) in [7, 11) is 0. The van der Waals surface area contributed by atoms with Crippen LogP contribution < -0.4 is 9.80 Å². The van der Waals surface area contributed by atoms with Crippen molar-refractivity contribution >= 4 is 34.9 Å². The molecule has 3 aromatic carbocycles. The number of piperazine rings is 1. The highest BCUT2D eigenvalue weighted by Gasteiger charge is 2.34. The lowest BCUT2D eigenvalue weighted by atomic mass is 10.1. The molecule has 0 N–H and O–H groups in total. The number of benzene rings is 3. The molecular weight excluding hydrogens is 448 g/mol. The number of carbonyl (C=O) groups is 2. The van der Waals surface area contributed by atoms with Gasteiger partial charge < -0.3 is 14.7 Å². The van der Waals surface area contributed by atoms with E-state index in [4.69, 9.17) is 11.6 Å². The number of amides is 3. The summed E-state index contributed by atoms with van der Waals surface area (Å²) in [5, 5.41) is 0.590. The summed E-state index contributed by atoms with van der Waals surface area (Å²) in [6, 6.07) is 22.9. The summed E-state index contributed by atoms with van der Waals surface area (Å²) in [5.41, 5.74) is 4.74. The number of rotatable bonds is 2. The zero-order valence-corrected chi connectivity index (χ0v) is 19.9. The number of urea groups is 1. The first kappa shape index (κ1) is 22.3. The molecule has 174 valence electrons. The largest absolute Gasteiger partial charge is 0.368 e. The lowest BCUT2D eigenvalue weighted by Crippen LogP contribution is -2.56. The lowest BCUT2D eigenvalue weighted by molar-refractivity contribution is 0.0735. The number of aryl methyl sites for hydroxylation is 1. The van der Waals surface area contributed by atoms with Gasteiger partial charge in [-0.05, 0) is 54.4 Å². The Morgan fingerprint density at radius 3 is 2.24 bits per heavy atom. The molecule has 0 radical (unpaired) electrons. The van der Waals surface area contributed by atoms with Crippen LogP contribution in [0.15, 0.2) is 72.8 Å². The fraction of sp³-hybridized carbons (Fsp3) is 0.259. The van der Waals surface area contributed by atoms with Gasteiger partial charge in [-0.1, -0.05) is 48.0 Å². The Morgan fingerprint density at radius 1 is 0.794 bits per heavy atom. The second-order valence-corrected chi connectivity index (χ2v) is 9.19. The molecule has 2 aliphatic heterocycles. The third kappa shape index (κ3) is 4.33. The molecule has 6 nitrogen and oxygen atoms in total. The number of hydrogen-bond donors (Lipinski definition) is 0. The van der Waals surface area contributed by atoms with Crippen molar-refractivity contribution in [1.82, 2.24) is 9.80 Å². The summed E-state index contributed by atoms with van der Waals surface area (Å²) in [4.78, 5) is 34.5. The number of anilines is 2. The van der Waals surface area contributed by atoms with E-state index < -0.39 is 0 Å². The van der Waals surface area contributed by atoms with Gasteiger partial charge in [0, 0.05) is 49.0 Å². The summed E-state index contributed by atoms with van der Waals surface area (Å²) in [6.07, 6.45) is 0. The van der Waals surface area contributed by atoms with Crippen LogP contribution in [-0.4, -0.2) is 54.6 Å². The van der Waals surface area contributed by atoms with Gasteiger partial charge in [0.2, 0.25) is 0 Å². The maximum atomic E-state index is 13.7. The van der Waals surface area contributed by atoms with E-state index in [1.165, 1.54) is 11.3 Å². The Balaban J connectivity index is 1.36. The van der Waals surface area contributed by atoms with Crippen molar-refractivity contribution < 1.29 is 9.59 Å². The van der Waals surface area contributed by atoms with Crippen molar-refractivity contribution in [2.24, 2.45) is 0 Å². The molecule has 0 aliphatic carbocycles. The Labute approximate surface area is 204 Å². The maximum Gasteiger partial charge on any atom is 0.326 e. The Bertz CT molecular complexity index is 1210. The summed E-state index contributed by atoms with van der Waals surface area (Å²) < 4.78 is 0. The highest BCUT2D eigenvalue weighted by molar-refractivity contribution is 6.30. The fourth-order valence-corrected chi connectivity index (χ4v) is 4.93. The average Bonchev–Trinajstić information content (AvgIpc) is 2.88. The molecule has 3 amide bonds. The van der Waals surface area contributed by atoms with Crippen LogP contribution >= 0.6 is 11.6 Å². The number of nitrogens with zero attached hydrogens (tertiary/aromatic N) is 4. The third-order valence-electron chi connectivity index (χ3n) is 6.55. The smallest absolute Gasteiger partial charge is 0.326 e. The maximum absolute atomic E-state index is 13.7. The number of fused-ring (bicyclic) bond motifs is 1. The number of hydrogen-bond acceptors (Lipinski definition) is 3. The fourth-order valence-electron chi connectivity index (χ4n) is 4.74. The zero-order valence-electron chi connectivity index (χ0n) is 19.2. The molecule has 0 aromatic heterocycles. The van der Waals surface area contributed by atoms with Crippen LogP contribution in [-0.2, 0) is 6.54 Å². The molecule has 0 bridgehead atoms. The number of halogens is 1. The van der Waals surface area contributed by atoms with Gasteiger partial charge in [-0.2, -0.15) is 0 Å². The quantitative estimate of drug-likeness (QED) is 0.524. The first-order valence-corrected chi connectivity index (χ1v) is 11.9. The third-order valence-corrected chi connectivity index (χ3v) is 6.79. The van der Waals surface area contributed by atoms with E-state index in [2.05, 4.69) is 24.0 Å². The van der Waals surface area contributed by atoms with Crippen LogP contribution in [0.4, 0.5) is 16.2 Å². The van der Waals surface area contributed by atoms with Crippen molar-refractivity contribution in [3.8, 4) is 0 Å². The van der Waals surface area contributed by atoms with Crippen LogP contribution in [0.3, 0.4) is 0 Å². The first-order chi connectivity index (χ1) is 16.5. The summed E-state index contributed by atoms with van der Waals surface area (Å²) in [6.45, 7) is 5.52. The van der Waals surface area contributed by atoms with E-state index in [0.29, 0.717) is 30.2 Å². The zero-order chi connectivity index (χ0) is 23.7. The number of para-hydroxylation sites is 1. The van der Waals surface area contributed by atoms with Crippen molar-refractivity contribution in [3.05, 3.63) is 94.5 Å². The molecule has 5 rings (SSSR count). The van der Waals surface area contributed by atoms with E-state index in [1.807, 2.05) is 47.4 Å². The molecule has 1 fully saturated rings. The minimum Gasteiger partial charge on any atom is -0.368 e. The van der Waals surface area contributed by atoms with Gasteiger partial charge in [-0.25, -0.2) is 4.79 Å². The van der Waals surface area contributed by atoms with Crippen molar-refractivity contribution in [3.63, 3.8) is 0 Å². The minimum absolute atomic E-state index is 0.0847. The number of carbonyl (C=O) groups excluding carboxylic acids is 2. The predicted molar refractivity (Wildman–Crippen MR) is 135 cm³/mol. The van der Waals surface area contributed by atoms with Crippen LogP contribution in [0.1, 0.15) is 21.5 Å². The Kier molecular flexibility index (Phi) is 6.16. The molecule has 0 atom stereocenters. The van der Waals surface area contributed by atoms with Gasteiger partial charge in [-0.15, -0.1) is 0 Å². The second-order valence-electron chi connectivity index (χ2n) is 8.75. The SMILES string of the molecule is Cc1ccccc1N1CCN(C(=O)N2CN(C(=O)c3ccccc3)Cc3cc(Cl)ccc32)CC1. The van der Waals surface area contributed by atoms with Gasteiger partial charge in [0.25, 0.3) is 5.91 Å². The minimum atomic E-state index is -0.103. The highest BCUT2D eigenvalue weighted by atomic mass is 35.5. The van der Waals surface area contributed by atoms with Crippen molar-refractivity contribution in [2.45, 2.75) is 13.5 Å². The molecule has 3 aromatic rings. The molecule has 2 aliphatic rings. The first-order valence-electron chi connectivity index (χ1n) is 11.5. The Hall–Kier alpha value is -3.51. The van der Waals surface area contributed by atoms with Gasteiger partial charge in [-0.3, -0.25) is 9.69 Å². The van der Waals surface area contributed by atoms with Gasteiger partial charge in [0.15, 0.2) is 0 Å². The lowest BCUT2D eigenvalue weighted by Gasteiger charge is -2.42. The summed E-state index contributed by atoms with van der Waals surface area (Å²) in [5.74, 6) is -0.103. The molecule has 34 heavy (non-hydrogen) atoms. The van der Waals surface area contributed by atoms with Gasteiger partial charge >= 0.3 is 6.03 Å². The molecule has 2 heterocycles. The van der Waals surface area contributed by atoms with E-state index in [0.717, 1.165) is 24.3 Å². The average molecular weight is 475 g/mol. The topological polar surface area (TPSA) is 47.1 Å². The van der Waals surface area contributed by atoms with Crippen LogP contribution in [0, 0.1) is 6.92 Å². The highest BCUT2D eigenvalue weighted by Crippen LogP contribution is 2.32. The van der Waals surface area contributed by atoms with Crippen molar-refractivity contribution in [2.75, 3.05) is 42.6 Å². The van der Waals surface area contributed by atoms with Crippen molar-refractivity contribution in [1.29, 1.82) is 0 Å². The molecular formula is C27H27ClN4O2. The molecule has 0 unspecified atom stereocenters. The monoisotopic (exact) mass is 474 g/mol. The summed E-state index contributed by atoms with van der Waals surface area (Å²) >= 11 is 6.26. The van der Waals surface area contributed by atoms with Crippen LogP contribution in [0.5, 0.6) is 0 Å². The van der Waals surface area contributed by atoms with Crippen LogP contribution in [0.2, 0.25) is 5.02 Å². The van der Waals surface area contributed by atoms with Crippen LogP contribution in [0.25, 0.3) is 0 Å². The van der Waals surface area contributed by atoms with E-state index in [1.54, 1.807) is 28.0 Å². The molecule has 7 heteroatoms. The molecule has 0 spiro atoms. The predicted octanol–water partition coefficient (Wildman–Crippen LogP) is 5.01. The standard InChI is InChI=1S/C27H27ClN4O2/c1-20-7-5-6-10-24(20)29-13-15-30(16-14-29)27(34)32-19-31(26(33)21-8-3-2-4-9-21)18-22-17-23(28)11-12-25(22)32/h2-12,17H,13-16,18-19H2,1H3. The molecule has 1 saturated heterocycles. The van der Waals surface area contributed by atoms with E-state index in [-0.39, 0.29) is 18.6 Å². The molecule has 0 saturated carbocycles.